The molecule has 0 atom stereocenters. The van der Waals surface area contributed by atoms with E-state index in [1.54, 1.807) is 0 Å². The first kappa shape index (κ1) is 17.6. The molecule has 23 heavy (non-hydrogen) atoms. The number of hydrogen-bond acceptors (Lipinski definition) is 4. The molecule has 124 valence electrons. The van der Waals surface area contributed by atoms with Gasteiger partial charge < -0.3 is 5.11 Å². The number of carbonyl (C=O) groups is 1. The zero-order valence-electron chi connectivity index (χ0n) is 10.9. The minimum atomic E-state index is -4.74. The zero-order valence-corrected chi connectivity index (χ0v) is 13.3. The Morgan fingerprint density at radius 3 is 2.43 bits per heavy atom. The van der Waals surface area contributed by atoms with Crippen molar-refractivity contribution in [1.29, 1.82) is 0 Å². The molecule has 0 saturated carbocycles. The SMILES string of the molecule is O=C(O)c1csc(S(=O)(=O)Nc2ccc(Cl)c(C(F)(F)F)c2)c1. The number of nitrogens with one attached hydrogen (secondary N) is 1. The minimum Gasteiger partial charge on any atom is -0.478 e. The number of hydrogen-bond donors (Lipinski definition) is 2. The highest BCUT2D eigenvalue weighted by Gasteiger charge is 2.33. The Balaban J connectivity index is 2.35. The number of rotatable bonds is 4. The molecule has 5 nitrogen and oxygen atoms in total. The summed E-state index contributed by atoms with van der Waals surface area (Å²) in [6.07, 6.45) is -4.74. The molecule has 0 aliphatic rings. The van der Waals surface area contributed by atoms with Gasteiger partial charge in [0.2, 0.25) is 0 Å². The quantitative estimate of drug-likeness (QED) is 0.835. The van der Waals surface area contributed by atoms with E-state index in [1.807, 2.05) is 4.72 Å². The summed E-state index contributed by atoms with van der Waals surface area (Å²) in [7, 11) is -4.21. The first-order valence-electron chi connectivity index (χ1n) is 5.72. The van der Waals surface area contributed by atoms with E-state index in [9.17, 15) is 26.4 Å². The predicted molar refractivity (Wildman–Crippen MR) is 78.5 cm³/mol. The van der Waals surface area contributed by atoms with Gasteiger partial charge in [0.05, 0.1) is 16.1 Å². The molecule has 1 aromatic carbocycles. The van der Waals surface area contributed by atoms with Crippen LogP contribution in [0.2, 0.25) is 5.02 Å². The van der Waals surface area contributed by atoms with Crippen molar-refractivity contribution < 1.29 is 31.5 Å². The average Bonchev–Trinajstić information content (AvgIpc) is 2.90. The van der Waals surface area contributed by atoms with Crippen LogP contribution in [-0.2, 0) is 16.2 Å². The minimum absolute atomic E-state index is 0.234. The number of benzene rings is 1. The van der Waals surface area contributed by atoms with Crippen LogP contribution in [0.4, 0.5) is 18.9 Å². The number of aromatic carboxylic acids is 1. The van der Waals surface area contributed by atoms with Gasteiger partial charge in [0.1, 0.15) is 4.21 Å². The van der Waals surface area contributed by atoms with Crippen molar-refractivity contribution in [2.75, 3.05) is 4.72 Å². The lowest BCUT2D eigenvalue weighted by molar-refractivity contribution is -0.137. The molecular formula is C12H7ClF3NO4S2. The standard InChI is InChI=1S/C12H7ClF3NO4S2/c13-9-2-1-7(4-8(9)12(14,15)16)17-23(20,21)10-3-6(5-22-10)11(18)19/h1-5,17H,(H,18,19). The molecule has 0 radical (unpaired) electrons. The highest BCUT2D eigenvalue weighted by Crippen LogP contribution is 2.36. The molecule has 0 spiro atoms. The van der Waals surface area contributed by atoms with Crippen molar-refractivity contribution in [3.8, 4) is 0 Å². The lowest BCUT2D eigenvalue weighted by Gasteiger charge is -2.12. The number of carboxylic acid groups (broad SMARTS) is 1. The van der Waals surface area contributed by atoms with E-state index < -0.39 is 32.8 Å². The lowest BCUT2D eigenvalue weighted by Crippen LogP contribution is -2.13. The van der Waals surface area contributed by atoms with E-state index in [1.165, 1.54) is 0 Å². The molecule has 0 fully saturated rings. The van der Waals surface area contributed by atoms with Crippen LogP contribution in [0.3, 0.4) is 0 Å². The van der Waals surface area contributed by atoms with Crippen LogP contribution in [0.15, 0.2) is 33.9 Å². The van der Waals surface area contributed by atoms with Crippen molar-refractivity contribution in [3.05, 3.63) is 45.8 Å². The molecular weight excluding hydrogens is 379 g/mol. The summed E-state index contributed by atoms with van der Waals surface area (Å²) in [5.74, 6) is -1.31. The second-order valence-corrected chi connectivity index (χ2v) is 7.49. The van der Waals surface area contributed by atoms with E-state index in [0.717, 1.165) is 23.6 Å². The first-order valence-corrected chi connectivity index (χ1v) is 8.46. The number of anilines is 1. The molecule has 2 rings (SSSR count). The summed E-state index contributed by atoms with van der Waals surface area (Å²) in [6, 6.07) is 3.46. The van der Waals surface area contributed by atoms with Crippen LogP contribution in [0.1, 0.15) is 15.9 Å². The third-order valence-corrected chi connectivity index (χ3v) is 5.76. The number of thiophene rings is 1. The highest BCUT2D eigenvalue weighted by atomic mass is 35.5. The van der Waals surface area contributed by atoms with Crippen LogP contribution < -0.4 is 4.72 Å². The van der Waals surface area contributed by atoms with E-state index in [4.69, 9.17) is 16.7 Å². The van der Waals surface area contributed by atoms with E-state index in [0.29, 0.717) is 17.4 Å². The molecule has 0 unspecified atom stereocenters. The van der Waals surface area contributed by atoms with Crippen LogP contribution in [-0.4, -0.2) is 19.5 Å². The van der Waals surface area contributed by atoms with Gasteiger partial charge in [-0.15, -0.1) is 11.3 Å². The smallest absolute Gasteiger partial charge is 0.417 e. The average molecular weight is 386 g/mol. The summed E-state index contributed by atoms with van der Waals surface area (Å²) in [4.78, 5) is 10.7. The van der Waals surface area contributed by atoms with Crippen molar-refractivity contribution in [3.63, 3.8) is 0 Å². The van der Waals surface area contributed by atoms with E-state index in [-0.39, 0.29) is 15.5 Å². The van der Waals surface area contributed by atoms with Gasteiger partial charge in [0.15, 0.2) is 0 Å². The summed E-state index contributed by atoms with van der Waals surface area (Å²) in [5, 5.41) is 9.31. The Bertz CT molecular complexity index is 861. The van der Waals surface area contributed by atoms with Gasteiger partial charge in [-0.1, -0.05) is 11.6 Å². The summed E-state index contributed by atoms with van der Waals surface area (Å²) >= 11 is 6.08. The normalized spacial score (nSPS) is 12.2. The summed E-state index contributed by atoms with van der Waals surface area (Å²) in [6.45, 7) is 0. The van der Waals surface area contributed by atoms with E-state index >= 15 is 0 Å². The molecule has 0 saturated heterocycles. The molecule has 2 N–H and O–H groups in total. The molecule has 1 aromatic heterocycles. The molecule has 1 heterocycles. The van der Waals surface area contributed by atoms with Crippen LogP contribution >= 0.6 is 22.9 Å². The van der Waals surface area contributed by atoms with Gasteiger partial charge in [0.25, 0.3) is 10.0 Å². The molecule has 0 aliphatic heterocycles. The van der Waals surface area contributed by atoms with E-state index in [2.05, 4.69) is 0 Å². The van der Waals surface area contributed by atoms with Crippen LogP contribution in [0.5, 0.6) is 0 Å². The van der Waals surface area contributed by atoms with Crippen LogP contribution in [0.25, 0.3) is 0 Å². The Morgan fingerprint density at radius 1 is 1.26 bits per heavy atom. The fourth-order valence-corrected chi connectivity index (χ4v) is 4.01. The maximum absolute atomic E-state index is 12.8. The van der Waals surface area contributed by atoms with Gasteiger partial charge in [-0.05, 0) is 24.3 Å². The van der Waals surface area contributed by atoms with Gasteiger partial charge in [-0.25, -0.2) is 13.2 Å². The first-order chi connectivity index (χ1) is 10.5. The number of sulfonamides is 1. The maximum atomic E-state index is 12.8. The molecule has 11 heteroatoms. The van der Waals surface area contributed by atoms with Gasteiger partial charge in [0, 0.05) is 11.1 Å². The molecule has 0 aliphatic carbocycles. The van der Waals surface area contributed by atoms with Crippen molar-refractivity contribution in [1.82, 2.24) is 0 Å². The van der Waals surface area contributed by atoms with Gasteiger partial charge >= 0.3 is 12.1 Å². The summed E-state index contributed by atoms with van der Waals surface area (Å²) < 4.78 is 64.0. The number of halogens is 4. The Labute approximate surface area is 137 Å². The third-order valence-electron chi connectivity index (χ3n) is 2.61. The Morgan fingerprint density at radius 2 is 1.91 bits per heavy atom. The predicted octanol–water partition coefficient (Wildman–Crippen LogP) is 3.92. The topological polar surface area (TPSA) is 83.5 Å². The summed E-state index contributed by atoms with van der Waals surface area (Å²) in [5.41, 5.74) is -1.76. The number of alkyl halides is 3. The third kappa shape index (κ3) is 3.95. The fourth-order valence-electron chi connectivity index (χ4n) is 1.58. The van der Waals surface area contributed by atoms with Gasteiger partial charge in [-0.2, -0.15) is 13.2 Å². The zero-order chi connectivity index (χ0) is 17.4. The number of carboxylic acids is 1. The fraction of sp³-hybridized carbons (Fsp3) is 0.0833. The van der Waals surface area contributed by atoms with Crippen molar-refractivity contribution in [2.24, 2.45) is 0 Å². The largest absolute Gasteiger partial charge is 0.478 e. The van der Waals surface area contributed by atoms with Crippen molar-refractivity contribution >= 4 is 44.6 Å². The molecule has 2 aromatic rings. The second-order valence-electron chi connectivity index (χ2n) is 4.26. The Hall–Kier alpha value is -1.78. The monoisotopic (exact) mass is 385 g/mol. The van der Waals surface area contributed by atoms with Crippen molar-refractivity contribution in [2.45, 2.75) is 10.4 Å². The molecule has 0 amide bonds. The van der Waals surface area contributed by atoms with Gasteiger partial charge in [-0.3, -0.25) is 4.72 Å². The highest BCUT2D eigenvalue weighted by molar-refractivity contribution is 7.94. The molecule has 0 bridgehead atoms. The second kappa shape index (κ2) is 6.02. The van der Waals surface area contributed by atoms with Crippen LogP contribution in [0, 0.1) is 0 Å². The maximum Gasteiger partial charge on any atom is 0.417 e. The Kier molecular flexibility index (Phi) is 4.60. The lowest BCUT2D eigenvalue weighted by atomic mass is 10.2.